The lowest BCUT2D eigenvalue weighted by atomic mass is 10.0. The first-order valence-corrected chi connectivity index (χ1v) is 7.81. The lowest BCUT2D eigenvalue weighted by Crippen LogP contribution is -1.83. The highest BCUT2D eigenvalue weighted by molar-refractivity contribution is 9.11. The van der Waals surface area contributed by atoms with Gasteiger partial charge in [-0.05, 0) is 50.7 Å². The van der Waals surface area contributed by atoms with Crippen LogP contribution in [0.5, 0.6) is 0 Å². The molecule has 3 heteroatoms. The summed E-state index contributed by atoms with van der Waals surface area (Å²) >= 11 is 5.05. The maximum absolute atomic E-state index is 4.49. The van der Waals surface area contributed by atoms with E-state index >= 15 is 0 Å². The molecule has 1 aromatic heterocycles. The number of fused-ring (bicyclic) bond motifs is 3. The molecular formula is C16H10BrNS. The van der Waals surface area contributed by atoms with Gasteiger partial charge in [0.2, 0.25) is 0 Å². The van der Waals surface area contributed by atoms with Gasteiger partial charge in [0.05, 0.1) is 5.69 Å². The number of halogens is 1. The molecule has 3 aromatic rings. The van der Waals surface area contributed by atoms with Crippen molar-refractivity contribution < 1.29 is 0 Å². The summed E-state index contributed by atoms with van der Waals surface area (Å²) in [5, 5.41) is 2.09. The molecule has 0 bridgehead atoms. The first kappa shape index (κ1) is 11.4. The van der Waals surface area contributed by atoms with Crippen LogP contribution in [0.25, 0.3) is 22.4 Å². The van der Waals surface area contributed by atoms with E-state index in [0.29, 0.717) is 0 Å². The molecule has 0 unspecified atom stereocenters. The lowest BCUT2D eigenvalue weighted by molar-refractivity contribution is 1.26. The van der Waals surface area contributed by atoms with Gasteiger partial charge in [0.1, 0.15) is 0 Å². The number of aromatic nitrogens is 1. The van der Waals surface area contributed by atoms with E-state index in [1.807, 2.05) is 0 Å². The molecule has 0 N–H and O–H groups in total. The average molecular weight is 328 g/mol. The predicted octanol–water partition coefficient (Wildman–Crippen LogP) is 5.14. The number of thiazole rings is 1. The Bertz CT molecular complexity index is 776. The molecule has 0 fully saturated rings. The van der Waals surface area contributed by atoms with Crippen LogP contribution < -0.4 is 0 Å². The van der Waals surface area contributed by atoms with Gasteiger partial charge in [-0.2, -0.15) is 0 Å². The van der Waals surface area contributed by atoms with Gasteiger partial charge in [0.25, 0.3) is 0 Å². The number of rotatable bonds is 1. The highest BCUT2D eigenvalue weighted by Crippen LogP contribution is 2.38. The average Bonchev–Trinajstić information content (AvgIpc) is 3.01. The molecule has 0 amide bonds. The Balaban J connectivity index is 1.83. The number of hydrogen-bond donors (Lipinski definition) is 0. The maximum atomic E-state index is 4.49. The minimum atomic E-state index is 0.936. The lowest BCUT2D eigenvalue weighted by Gasteiger charge is -2.03. The molecule has 2 aromatic carbocycles. The van der Waals surface area contributed by atoms with E-state index in [9.17, 15) is 0 Å². The van der Waals surface area contributed by atoms with Crippen LogP contribution in [0, 0.1) is 0 Å². The highest BCUT2D eigenvalue weighted by atomic mass is 79.9. The van der Waals surface area contributed by atoms with E-state index in [-0.39, 0.29) is 0 Å². The van der Waals surface area contributed by atoms with Gasteiger partial charge in [-0.1, -0.05) is 36.4 Å². The Morgan fingerprint density at radius 2 is 1.84 bits per heavy atom. The third-order valence-electron chi connectivity index (χ3n) is 3.57. The van der Waals surface area contributed by atoms with Gasteiger partial charge < -0.3 is 0 Å². The van der Waals surface area contributed by atoms with Crippen molar-refractivity contribution in [3.05, 3.63) is 62.9 Å². The van der Waals surface area contributed by atoms with E-state index in [4.69, 9.17) is 0 Å². The molecule has 0 spiro atoms. The van der Waals surface area contributed by atoms with Crippen LogP contribution in [0.3, 0.4) is 0 Å². The van der Waals surface area contributed by atoms with Crippen molar-refractivity contribution in [1.82, 2.24) is 4.98 Å². The second-order valence-corrected chi connectivity index (χ2v) is 6.83. The van der Waals surface area contributed by atoms with Crippen LogP contribution in [0.1, 0.15) is 11.1 Å². The minimum Gasteiger partial charge on any atom is -0.229 e. The molecule has 0 radical (unpaired) electrons. The maximum Gasteiger partial charge on any atom is 0.159 e. The van der Waals surface area contributed by atoms with Gasteiger partial charge in [-0.15, -0.1) is 11.3 Å². The van der Waals surface area contributed by atoms with Crippen LogP contribution in [-0.2, 0) is 6.42 Å². The van der Waals surface area contributed by atoms with Gasteiger partial charge in [-0.3, -0.25) is 0 Å². The highest BCUT2D eigenvalue weighted by Gasteiger charge is 2.18. The fraction of sp³-hybridized carbons (Fsp3) is 0.0625. The summed E-state index contributed by atoms with van der Waals surface area (Å²) in [5.74, 6) is 0. The molecule has 1 aliphatic carbocycles. The zero-order valence-corrected chi connectivity index (χ0v) is 12.5. The minimum absolute atomic E-state index is 0.936. The summed E-state index contributed by atoms with van der Waals surface area (Å²) in [6, 6.07) is 15.3. The van der Waals surface area contributed by atoms with Crippen LogP contribution in [0.2, 0.25) is 0 Å². The van der Waals surface area contributed by atoms with E-state index in [1.165, 1.54) is 27.8 Å². The molecule has 0 saturated carbocycles. The second-order valence-electron chi connectivity index (χ2n) is 4.69. The Morgan fingerprint density at radius 3 is 2.68 bits per heavy atom. The zero-order chi connectivity index (χ0) is 12.8. The largest absolute Gasteiger partial charge is 0.229 e. The molecule has 0 aliphatic heterocycles. The van der Waals surface area contributed by atoms with Crippen LogP contribution in [0.15, 0.2) is 51.8 Å². The molecule has 1 nitrogen and oxygen atoms in total. The quantitative estimate of drug-likeness (QED) is 0.471. The summed E-state index contributed by atoms with van der Waals surface area (Å²) in [6.45, 7) is 0. The fourth-order valence-corrected chi connectivity index (χ4v) is 3.71. The molecule has 92 valence electrons. The Labute approximate surface area is 124 Å². The van der Waals surface area contributed by atoms with Crippen molar-refractivity contribution in [2.24, 2.45) is 0 Å². The summed E-state index contributed by atoms with van der Waals surface area (Å²) in [4.78, 5) is 4.49. The summed E-state index contributed by atoms with van der Waals surface area (Å²) in [5.41, 5.74) is 7.83. The third-order valence-corrected chi connectivity index (χ3v) is 4.93. The molecule has 1 aliphatic rings. The summed E-state index contributed by atoms with van der Waals surface area (Å²) < 4.78 is 0.936. The number of hydrogen-bond acceptors (Lipinski definition) is 2. The zero-order valence-electron chi connectivity index (χ0n) is 10.1. The van der Waals surface area contributed by atoms with E-state index < -0.39 is 0 Å². The van der Waals surface area contributed by atoms with Gasteiger partial charge >= 0.3 is 0 Å². The summed E-state index contributed by atoms with van der Waals surface area (Å²) in [7, 11) is 0. The first-order valence-electron chi connectivity index (χ1n) is 6.14. The SMILES string of the molecule is Brc1nc(-c2ccc3c(c2)Cc2ccccc2-3)cs1. The Kier molecular flexibility index (Phi) is 2.57. The van der Waals surface area contributed by atoms with Crippen molar-refractivity contribution in [2.75, 3.05) is 0 Å². The van der Waals surface area contributed by atoms with Crippen LogP contribution in [0.4, 0.5) is 0 Å². The molecule has 1 heterocycles. The predicted molar refractivity (Wildman–Crippen MR) is 83.5 cm³/mol. The van der Waals surface area contributed by atoms with E-state index in [0.717, 1.165) is 16.0 Å². The van der Waals surface area contributed by atoms with Crippen LogP contribution >= 0.6 is 27.3 Å². The van der Waals surface area contributed by atoms with E-state index in [1.54, 1.807) is 11.3 Å². The molecule has 4 rings (SSSR count). The Morgan fingerprint density at radius 1 is 1.00 bits per heavy atom. The van der Waals surface area contributed by atoms with Crippen molar-refractivity contribution in [1.29, 1.82) is 0 Å². The number of benzene rings is 2. The smallest absolute Gasteiger partial charge is 0.159 e. The molecular weight excluding hydrogens is 318 g/mol. The summed E-state index contributed by atoms with van der Waals surface area (Å²) in [6.07, 6.45) is 1.03. The fourth-order valence-electron chi connectivity index (χ4n) is 2.69. The van der Waals surface area contributed by atoms with Crippen LogP contribution in [-0.4, -0.2) is 4.98 Å². The van der Waals surface area contributed by atoms with Gasteiger partial charge in [-0.25, -0.2) is 4.98 Å². The molecule has 0 atom stereocenters. The first-order chi connectivity index (χ1) is 9.31. The van der Waals surface area contributed by atoms with Gasteiger partial charge in [0.15, 0.2) is 3.92 Å². The molecule has 0 saturated heterocycles. The third kappa shape index (κ3) is 1.85. The standard InChI is InChI=1S/C16H10BrNS/c17-16-18-15(9-19-16)11-5-6-14-12(8-11)7-10-3-1-2-4-13(10)14/h1-6,8-9H,7H2. The van der Waals surface area contributed by atoms with Crippen molar-refractivity contribution in [3.63, 3.8) is 0 Å². The number of nitrogens with zero attached hydrogens (tertiary/aromatic N) is 1. The van der Waals surface area contributed by atoms with Crippen molar-refractivity contribution >= 4 is 27.3 Å². The Hall–Kier alpha value is -1.45. The van der Waals surface area contributed by atoms with Crippen molar-refractivity contribution in [3.8, 4) is 22.4 Å². The molecule has 19 heavy (non-hydrogen) atoms. The normalized spacial score (nSPS) is 12.3. The van der Waals surface area contributed by atoms with Gasteiger partial charge in [0, 0.05) is 10.9 Å². The monoisotopic (exact) mass is 327 g/mol. The topological polar surface area (TPSA) is 12.9 Å². The van der Waals surface area contributed by atoms with E-state index in [2.05, 4.69) is 68.8 Å². The second kappa shape index (κ2) is 4.29. The van der Waals surface area contributed by atoms with Crippen molar-refractivity contribution in [2.45, 2.75) is 6.42 Å².